The number of nitrogens with one attached hydrogen (secondary N) is 1. The highest BCUT2D eigenvalue weighted by molar-refractivity contribution is 7.22. The van der Waals surface area contributed by atoms with Crippen LogP contribution in [-0.4, -0.2) is 18.6 Å². The quantitative estimate of drug-likeness (QED) is 0.745. The number of hydrogen-bond donors (Lipinski definition) is 1. The number of thiazole rings is 1. The Hall–Kier alpha value is -1.78. The van der Waals surface area contributed by atoms with Crippen LogP contribution in [0.3, 0.4) is 0 Å². The molecule has 0 saturated heterocycles. The Labute approximate surface area is 132 Å². The lowest BCUT2D eigenvalue weighted by atomic mass is 10.1. The summed E-state index contributed by atoms with van der Waals surface area (Å²) in [6.07, 6.45) is 0.890. The molecule has 3 aromatic rings. The number of anilines is 1. The molecule has 1 heterocycles. The Balaban J connectivity index is 1.66. The fourth-order valence-electron chi connectivity index (χ4n) is 2.19. The lowest BCUT2D eigenvalue weighted by molar-refractivity contribution is 0.410. The monoisotopic (exact) mass is 318 g/mol. The van der Waals surface area contributed by atoms with Crippen molar-refractivity contribution in [1.82, 2.24) is 4.98 Å². The zero-order valence-electron chi connectivity index (χ0n) is 11.6. The van der Waals surface area contributed by atoms with E-state index >= 15 is 0 Å². The Morgan fingerprint density at radius 2 is 2.10 bits per heavy atom. The van der Waals surface area contributed by atoms with Gasteiger partial charge in [0.15, 0.2) is 5.13 Å². The Kier molecular flexibility index (Phi) is 4.27. The van der Waals surface area contributed by atoms with Gasteiger partial charge in [0.25, 0.3) is 0 Å². The molecule has 3 rings (SSSR count). The molecule has 21 heavy (non-hydrogen) atoms. The average Bonchev–Trinajstić information content (AvgIpc) is 2.89. The molecule has 0 bridgehead atoms. The lowest BCUT2D eigenvalue weighted by Crippen LogP contribution is -2.05. The molecular weight excluding hydrogens is 304 g/mol. The van der Waals surface area contributed by atoms with E-state index in [-0.39, 0.29) is 0 Å². The summed E-state index contributed by atoms with van der Waals surface area (Å²) in [5.74, 6) is 0.926. The van der Waals surface area contributed by atoms with Crippen LogP contribution >= 0.6 is 22.9 Å². The molecule has 0 aliphatic rings. The van der Waals surface area contributed by atoms with Crippen LogP contribution in [0.4, 0.5) is 5.13 Å². The zero-order valence-corrected chi connectivity index (χ0v) is 13.2. The van der Waals surface area contributed by atoms with Crippen molar-refractivity contribution in [2.45, 2.75) is 6.42 Å². The van der Waals surface area contributed by atoms with Crippen LogP contribution in [0.25, 0.3) is 10.2 Å². The van der Waals surface area contributed by atoms with Crippen LogP contribution in [0.2, 0.25) is 5.02 Å². The number of aromatic nitrogens is 1. The Bertz CT molecular complexity index is 757. The lowest BCUT2D eigenvalue weighted by Gasteiger charge is -2.08. The predicted octanol–water partition coefficient (Wildman–Crippen LogP) is 4.61. The molecule has 3 nitrogen and oxygen atoms in total. The van der Waals surface area contributed by atoms with E-state index in [0.29, 0.717) is 0 Å². The summed E-state index contributed by atoms with van der Waals surface area (Å²) in [6.45, 7) is 0.813. The maximum absolute atomic E-state index is 5.99. The van der Waals surface area contributed by atoms with Crippen LogP contribution in [0.1, 0.15) is 5.56 Å². The second-order valence-corrected chi connectivity index (χ2v) is 6.09. The molecule has 1 aromatic heterocycles. The summed E-state index contributed by atoms with van der Waals surface area (Å²) in [4.78, 5) is 4.55. The van der Waals surface area contributed by atoms with Crippen LogP contribution in [-0.2, 0) is 6.42 Å². The van der Waals surface area contributed by atoms with Gasteiger partial charge in [-0.05, 0) is 36.2 Å². The van der Waals surface area contributed by atoms with Crippen molar-refractivity contribution in [3.8, 4) is 5.75 Å². The summed E-state index contributed by atoms with van der Waals surface area (Å²) >= 11 is 7.61. The van der Waals surface area contributed by atoms with Crippen LogP contribution < -0.4 is 10.1 Å². The molecule has 0 atom stereocenters. The van der Waals surface area contributed by atoms with Crippen molar-refractivity contribution in [2.24, 2.45) is 0 Å². The van der Waals surface area contributed by atoms with Crippen LogP contribution in [0.15, 0.2) is 42.5 Å². The van der Waals surface area contributed by atoms with Crippen molar-refractivity contribution in [3.05, 3.63) is 53.1 Å². The zero-order chi connectivity index (χ0) is 14.7. The second kappa shape index (κ2) is 6.33. The van der Waals surface area contributed by atoms with Gasteiger partial charge in [0.2, 0.25) is 0 Å². The predicted molar refractivity (Wildman–Crippen MR) is 89.8 cm³/mol. The molecule has 0 unspecified atom stereocenters. The number of methoxy groups -OCH3 is 1. The number of para-hydroxylation sites is 1. The molecule has 0 amide bonds. The highest BCUT2D eigenvalue weighted by Crippen LogP contribution is 2.28. The molecule has 0 aliphatic carbocycles. The molecule has 1 N–H and O–H groups in total. The van der Waals surface area contributed by atoms with Gasteiger partial charge in [-0.1, -0.05) is 41.1 Å². The molecule has 0 radical (unpaired) electrons. The van der Waals surface area contributed by atoms with Crippen LogP contribution in [0, 0.1) is 0 Å². The van der Waals surface area contributed by atoms with Gasteiger partial charge in [-0.25, -0.2) is 4.98 Å². The van der Waals surface area contributed by atoms with Crippen molar-refractivity contribution in [2.75, 3.05) is 19.0 Å². The molecule has 0 aliphatic heterocycles. The first-order valence-electron chi connectivity index (χ1n) is 6.68. The largest absolute Gasteiger partial charge is 0.496 e. The maximum atomic E-state index is 5.99. The second-order valence-electron chi connectivity index (χ2n) is 4.62. The minimum atomic E-state index is 0.742. The van der Waals surface area contributed by atoms with Crippen molar-refractivity contribution < 1.29 is 4.74 Å². The highest BCUT2D eigenvalue weighted by Gasteiger charge is 2.05. The number of fused-ring (bicyclic) bond motifs is 1. The normalized spacial score (nSPS) is 10.8. The first-order chi connectivity index (χ1) is 10.3. The molecule has 0 fully saturated rings. The number of benzene rings is 2. The van der Waals surface area contributed by atoms with Crippen LogP contribution in [0.5, 0.6) is 5.75 Å². The van der Waals surface area contributed by atoms with E-state index < -0.39 is 0 Å². The van der Waals surface area contributed by atoms with Gasteiger partial charge >= 0.3 is 0 Å². The number of nitrogens with zero attached hydrogens (tertiary/aromatic N) is 1. The smallest absolute Gasteiger partial charge is 0.183 e. The molecule has 0 spiro atoms. The van der Waals surface area contributed by atoms with E-state index in [4.69, 9.17) is 16.3 Å². The van der Waals surface area contributed by atoms with Gasteiger partial charge in [-0.2, -0.15) is 0 Å². The van der Waals surface area contributed by atoms with Crippen molar-refractivity contribution in [1.29, 1.82) is 0 Å². The third kappa shape index (κ3) is 3.28. The maximum Gasteiger partial charge on any atom is 0.183 e. The first-order valence-corrected chi connectivity index (χ1v) is 7.87. The van der Waals surface area contributed by atoms with Crippen molar-refractivity contribution in [3.63, 3.8) is 0 Å². The van der Waals surface area contributed by atoms with E-state index in [1.807, 2.05) is 36.4 Å². The standard InChI is InChI=1S/C16H15ClN2OS/c1-20-14-5-3-2-4-11(14)8-9-18-16-19-13-7-6-12(17)10-15(13)21-16/h2-7,10H,8-9H2,1H3,(H,18,19). The Morgan fingerprint density at radius 3 is 2.95 bits per heavy atom. The van der Waals surface area contributed by atoms with Crippen molar-refractivity contribution >= 4 is 38.3 Å². The fourth-order valence-corrected chi connectivity index (χ4v) is 3.36. The molecule has 0 saturated carbocycles. The summed E-state index contributed by atoms with van der Waals surface area (Å²) in [5.41, 5.74) is 2.17. The topological polar surface area (TPSA) is 34.1 Å². The minimum absolute atomic E-state index is 0.742. The number of hydrogen-bond acceptors (Lipinski definition) is 4. The molecule has 5 heteroatoms. The third-order valence-electron chi connectivity index (χ3n) is 3.21. The van der Waals surface area contributed by atoms with Gasteiger partial charge in [0.1, 0.15) is 5.75 Å². The number of halogens is 1. The average molecular weight is 319 g/mol. The summed E-state index contributed by atoms with van der Waals surface area (Å²) in [7, 11) is 1.70. The number of rotatable bonds is 5. The minimum Gasteiger partial charge on any atom is -0.496 e. The third-order valence-corrected chi connectivity index (χ3v) is 4.42. The van der Waals surface area contributed by atoms with Gasteiger partial charge in [-0.15, -0.1) is 0 Å². The van der Waals surface area contributed by atoms with E-state index in [0.717, 1.165) is 39.1 Å². The summed E-state index contributed by atoms with van der Waals surface area (Å²) in [6, 6.07) is 13.8. The van der Waals surface area contributed by atoms with Gasteiger partial charge in [0, 0.05) is 11.6 Å². The van der Waals surface area contributed by atoms with E-state index in [9.17, 15) is 0 Å². The van der Waals surface area contributed by atoms with E-state index in [1.165, 1.54) is 5.56 Å². The van der Waals surface area contributed by atoms with Gasteiger partial charge < -0.3 is 10.1 Å². The Morgan fingerprint density at radius 1 is 1.24 bits per heavy atom. The molecular formula is C16H15ClN2OS. The first kappa shape index (κ1) is 14.2. The SMILES string of the molecule is COc1ccccc1CCNc1nc2ccc(Cl)cc2s1. The van der Waals surface area contributed by atoms with Gasteiger partial charge in [0.05, 0.1) is 17.3 Å². The van der Waals surface area contributed by atoms with E-state index in [2.05, 4.69) is 16.4 Å². The summed E-state index contributed by atoms with van der Waals surface area (Å²) < 4.78 is 6.45. The highest BCUT2D eigenvalue weighted by atomic mass is 35.5. The summed E-state index contributed by atoms with van der Waals surface area (Å²) in [5, 5.41) is 5.02. The van der Waals surface area contributed by atoms with E-state index in [1.54, 1.807) is 18.4 Å². The molecule has 2 aromatic carbocycles. The number of ether oxygens (including phenoxy) is 1. The van der Waals surface area contributed by atoms with Gasteiger partial charge in [-0.3, -0.25) is 0 Å². The molecule has 108 valence electrons. The fraction of sp³-hybridized carbons (Fsp3) is 0.188.